The first-order valence-electron chi connectivity index (χ1n) is 5.42. The van der Waals surface area contributed by atoms with Gasteiger partial charge in [-0.25, -0.2) is 4.98 Å². The predicted molar refractivity (Wildman–Crippen MR) is 91.6 cm³/mol. The van der Waals surface area contributed by atoms with Gasteiger partial charge in [-0.1, -0.05) is 18.2 Å². The fourth-order valence-corrected chi connectivity index (χ4v) is 2.51. The Morgan fingerprint density at radius 1 is 1.17 bits per heavy atom. The van der Waals surface area contributed by atoms with Crippen LogP contribution in [0.1, 0.15) is 11.1 Å². The first-order valence-corrected chi connectivity index (χ1v) is 6.41. The van der Waals surface area contributed by atoms with Crippen LogP contribution in [-0.2, 0) is 0 Å². The van der Waals surface area contributed by atoms with Crippen molar-refractivity contribution in [3.8, 4) is 0 Å². The number of aryl methyl sites for hydroxylation is 2. The number of hydrogen-bond acceptors (Lipinski definition) is 3. The van der Waals surface area contributed by atoms with Crippen LogP contribution in [0.2, 0.25) is 0 Å². The van der Waals surface area contributed by atoms with Crippen LogP contribution in [-0.4, -0.2) is 17.3 Å². The zero-order valence-corrected chi connectivity index (χ0v) is 14.7. The van der Waals surface area contributed by atoms with Gasteiger partial charge in [0.05, 0.1) is 10.5 Å². The summed E-state index contributed by atoms with van der Waals surface area (Å²) in [6.45, 7) is 4.93. The van der Waals surface area contributed by atoms with Gasteiger partial charge in [-0.15, -0.1) is 45.7 Å². The van der Waals surface area contributed by atoms with E-state index in [-0.39, 0.29) is 34.0 Å². The molecule has 0 atom stereocenters. The van der Waals surface area contributed by atoms with Gasteiger partial charge in [0.25, 0.3) is 0 Å². The largest absolute Gasteiger partial charge is 0.330 e. The molecular formula is C13H18Br2N2S. The van der Waals surface area contributed by atoms with Crippen molar-refractivity contribution in [1.82, 2.24) is 4.98 Å². The Kier molecular flexibility index (Phi) is 8.10. The molecule has 18 heavy (non-hydrogen) atoms. The van der Waals surface area contributed by atoms with E-state index >= 15 is 0 Å². The number of rotatable bonds is 3. The lowest BCUT2D eigenvalue weighted by atomic mass is 10.1. The minimum atomic E-state index is 0. The minimum Gasteiger partial charge on any atom is -0.330 e. The lowest BCUT2D eigenvalue weighted by Crippen LogP contribution is -2.01. The molecule has 0 aliphatic rings. The highest BCUT2D eigenvalue weighted by molar-refractivity contribution is 8.93. The summed E-state index contributed by atoms with van der Waals surface area (Å²) in [6, 6.07) is 8.45. The molecule has 2 rings (SSSR count). The third kappa shape index (κ3) is 3.95. The third-order valence-electron chi connectivity index (χ3n) is 2.59. The molecule has 1 heterocycles. The average Bonchev–Trinajstić information content (AvgIpc) is 2.28. The summed E-state index contributed by atoms with van der Waals surface area (Å²) in [6.07, 6.45) is 0. The van der Waals surface area contributed by atoms with Gasteiger partial charge >= 0.3 is 0 Å². The molecule has 0 aliphatic carbocycles. The smallest absolute Gasteiger partial charge is 0.0970 e. The number of benzene rings is 1. The van der Waals surface area contributed by atoms with Crippen LogP contribution in [0, 0.1) is 13.8 Å². The Morgan fingerprint density at radius 2 is 1.89 bits per heavy atom. The maximum absolute atomic E-state index is 5.51. The van der Waals surface area contributed by atoms with Crippen molar-refractivity contribution in [2.24, 2.45) is 5.73 Å². The molecule has 0 bridgehead atoms. The van der Waals surface area contributed by atoms with E-state index in [0.717, 1.165) is 16.3 Å². The molecule has 0 aliphatic heterocycles. The fraction of sp³-hybridized carbons (Fsp3) is 0.308. The standard InChI is InChI=1S/C13H16N2S.2BrH/c1-9-4-3-5-11-10(2)8-12(15-13(9)11)16-7-6-14;;/h3-5,8H,6-7,14H2,1-2H3;2*1H. The number of hydrogen-bond donors (Lipinski definition) is 1. The van der Waals surface area contributed by atoms with Crippen LogP contribution < -0.4 is 5.73 Å². The highest BCUT2D eigenvalue weighted by Crippen LogP contribution is 2.25. The number of aromatic nitrogens is 1. The molecule has 0 fully saturated rings. The van der Waals surface area contributed by atoms with Gasteiger partial charge in [-0.2, -0.15) is 0 Å². The lowest BCUT2D eigenvalue weighted by Gasteiger charge is -2.07. The predicted octanol–water partition coefficient (Wildman–Crippen LogP) is 4.06. The van der Waals surface area contributed by atoms with Crippen LogP contribution in [0.15, 0.2) is 29.3 Å². The van der Waals surface area contributed by atoms with Crippen LogP contribution >= 0.6 is 45.7 Å². The third-order valence-corrected chi connectivity index (χ3v) is 3.54. The van der Waals surface area contributed by atoms with E-state index in [9.17, 15) is 0 Å². The summed E-state index contributed by atoms with van der Waals surface area (Å²) in [4.78, 5) is 4.68. The van der Waals surface area contributed by atoms with Gasteiger partial charge in [0.1, 0.15) is 0 Å². The van der Waals surface area contributed by atoms with E-state index in [1.54, 1.807) is 11.8 Å². The van der Waals surface area contributed by atoms with Gasteiger partial charge in [0.2, 0.25) is 0 Å². The number of para-hydroxylation sites is 1. The summed E-state index contributed by atoms with van der Waals surface area (Å²) < 4.78 is 0. The van der Waals surface area contributed by atoms with Crippen molar-refractivity contribution < 1.29 is 0 Å². The highest BCUT2D eigenvalue weighted by Gasteiger charge is 2.04. The van der Waals surface area contributed by atoms with Crippen molar-refractivity contribution >= 4 is 56.6 Å². The van der Waals surface area contributed by atoms with Gasteiger partial charge in [0, 0.05) is 17.7 Å². The van der Waals surface area contributed by atoms with Crippen molar-refractivity contribution in [2.75, 3.05) is 12.3 Å². The SMILES string of the molecule is Br.Br.Cc1cc(SCCN)nc2c(C)cccc12. The molecule has 2 nitrogen and oxygen atoms in total. The average molecular weight is 394 g/mol. The fourth-order valence-electron chi connectivity index (χ4n) is 1.77. The first-order chi connectivity index (χ1) is 7.72. The number of pyridine rings is 1. The highest BCUT2D eigenvalue weighted by atomic mass is 79.9. The van der Waals surface area contributed by atoms with Gasteiger partial charge in [0.15, 0.2) is 0 Å². The molecule has 2 aromatic rings. The molecule has 5 heteroatoms. The number of fused-ring (bicyclic) bond motifs is 1. The Balaban J connectivity index is 0.00000144. The Hall–Kier alpha value is -0.100. The van der Waals surface area contributed by atoms with E-state index in [4.69, 9.17) is 5.73 Å². The summed E-state index contributed by atoms with van der Waals surface area (Å²) in [5, 5.41) is 2.32. The first kappa shape index (κ1) is 17.9. The number of nitrogens with zero attached hydrogens (tertiary/aromatic N) is 1. The second-order valence-corrected chi connectivity index (χ2v) is 5.00. The molecular weight excluding hydrogens is 376 g/mol. The Morgan fingerprint density at radius 3 is 2.56 bits per heavy atom. The van der Waals surface area contributed by atoms with E-state index in [2.05, 4.69) is 43.1 Å². The van der Waals surface area contributed by atoms with E-state index in [1.165, 1.54) is 16.5 Å². The molecule has 0 amide bonds. The second-order valence-electron chi connectivity index (χ2n) is 3.89. The quantitative estimate of drug-likeness (QED) is 0.799. The molecule has 1 aromatic carbocycles. The zero-order valence-electron chi connectivity index (χ0n) is 10.5. The van der Waals surface area contributed by atoms with Crippen molar-refractivity contribution in [3.05, 3.63) is 35.4 Å². The molecule has 0 unspecified atom stereocenters. The number of nitrogens with two attached hydrogens (primary N) is 1. The van der Waals surface area contributed by atoms with Gasteiger partial charge < -0.3 is 5.73 Å². The normalized spacial score (nSPS) is 9.72. The van der Waals surface area contributed by atoms with Crippen LogP contribution in [0.3, 0.4) is 0 Å². The molecule has 0 radical (unpaired) electrons. The number of halogens is 2. The molecule has 1 aromatic heterocycles. The summed E-state index contributed by atoms with van der Waals surface area (Å²) in [5.74, 6) is 0.920. The number of thioether (sulfide) groups is 1. The zero-order chi connectivity index (χ0) is 11.5. The summed E-state index contributed by atoms with van der Waals surface area (Å²) >= 11 is 1.72. The van der Waals surface area contributed by atoms with Gasteiger partial charge in [-0.05, 0) is 31.0 Å². The Bertz CT molecular complexity index is 518. The lowest BCUT2D eigenvalue weighted by molar-refractivity contribution is 1.12. The summed E-state index contributed by atoms with van der Waals surface area (Å²) in [7, 11) is 0. The van der Waals surface area contributed by atoms with Crippen molar-refractivity contribution in [3.63, 3.8) is 0 Å². The van der Waals surface area contributed by atoms with E-state index in [0.29, 0.717) is 6.54 Å². The van der Waals surface area contributed by atoms with E-state index < -0.39 is 0 Å². The summed E-state index contributed by atoms with van der Waals surface area (Å²) in [5.41, 5.74) is 9.14. The molecule has 0 spiro atoms. The molecule has 0 saturated heterocycles. The van der Waals surface area contributed by atoms with E-state index in [1.807, 2.05) is 0 Å². The Labute approximate surface area is 133 Å². The van der Waals surface area contributed by atoms with Gasteiger partial charge in [-0.3, -0.25) is 0 Å². The maximum Gasteiger partial charge on any atom is 0.0970 e. The molecule has 100 valence electrons. The van der Waals surface area contributed by atoms with Crippen LogP contribution in [0.25, 0.3) is 10.9 Å². The van der Waals surface area contributed by atoms with Crippen LogP contribution in [0.5, 0.6) is 0 Å². The minimum absolute atomic E-state index is 0. The second kappa shape index (κ2) is 8.15. The van der Waals surface area contributed by atoms with Crippen molar-refractivity contribution in [1.29, 1.82) is 0 Å². The van der Waals surface area contributed by atoms with Crippen molar-refractivity contribution in [2.45, 2.75) is 18.9 Å². The maximum atomic E-state index is 5.51. The topological polar surface area (TPSA) is 38.9 Å². The van der Waals surface area contributed by atoms with Crippen LogP contribution in [0.4, 0.5) is 0 Å². The molecule has 0 saturated carbocycles. The monoisotopic (exact) mass is 392 g/mol. The molecule has 2 N–H and O–H groups in total.